The van der Waals surface area contributed by atoms with Gasteiger partial charge >= 0.3 is 0 Å². The van der Waals surface area contributed by atoms with Crippen LogP contribution in [-0.2, 0) is 9.13 Å². The van der Waals surface area contributed by atoms with Gasteiger partial charge in [-0.3, -0.25) is 4.90 Å². The number of nitrogens with zero attached hydrogens (tertiary/aromatic N) is 1. The van der Waals surface area contributed by atoms with Crippen molar-refractivity contribution >= 4 is 35.5 Å². The smallest absolute Gasteiger partial charge is 0.144 e. The zero-order chi connectivity index (χ0) is 32.7. The van der Waals surface area contributed by atoms with Crippen molar-refractivity contribution in [2.45, 2.75) is 26.3 Å². The van der Waals surface area contributed by atoms with Crippen LogP contribution in [0.4, 0.5) is 0 Å². The van der Waals surface area contributed by atoms with Crippen molar-refractivity contribution in [3.63, 3.8) is 0 Å². The molecule has 0 fully saturated rings. The summed E-state index contributed by atoms with van der Waals surface area (Å²) < 4.78 is 51.5. The van der Waals surface area contributed by atoms with Gasteiger partial charge in [0.05, 0.1) is 28.4 Å². The van der Waals surface area contributed by atoms with Crippen LogP contribution in [0.3, 0.4) is 0 Å². The van der Waals surface area contributed by atoms with Crippen molar-refractivity contribution < 1.29 is 28.1 Å². The topological polar surface area (TPSA) is 74.3 Å². The number of rotatable bonds is 14. The lowest BCUT2D eigenvalue weighted by Crippen LogP contribution is -2.45. The Morgan fingerprint density at radius 1 is 0.467 bits per heavy atom. The van der Waals surface area contributed by atoms with E-state index in [1.807, 2.05) is 97.1 Å². The second-order valence-corrected chi connectivity index (χ2v) is 17.8. The van der Waals surface area contributed by atoms with E-state index in [2.05, 4.69) is 25.7 Å². The number of ether oxygens (including phenoxy) is 4. The van der Waals surface area contributed by atoms with Crippen LogP contribution in [0.2, 0.25) is 0 Å². The molecule has 240 valence electrons. The van der Waals surface area contributed by atoms with Crippen LogP contribution < -0.4 is 40.2 Å². The molecule has 0 saturated carbocycles. The average Bonchev–Trinajstić information content (AvgIpc) is 3.07. The first-order valence-electron chi connectivity index (χ1n) is 15.0. The summed E-state index contributed by atoms with van der Waals surface area (Å²) in [6.45, 7) is 7.52. The van der Waals surface area contributed by atoms with E-state index in [0.29, 0.717) is 48.4 Å². The summed E-state index contributed by atoms with van der Waals surface area (Å²) in [4.78, 5) is 2.30. The minimum Gasteiger partial charge on any atom is -0.497 e. The Hall–Kier alpha value is -3.50. The van der Waals surface area contributed by atoms with E-state index >= 15 is 9.13 Å². The zero-order valence-electron chi connectivity index (χ0n) is 27.4. The molecule has 7 nitrogen and oxygen atoms in total. The summed E-state index contributed by atoms with van der Waals surface area (Å²) in [6, 6.07) is 30.0. The van der Waals surface area contributed by atoms with Gasteiger partial charge in [0.15, 0.2) is 0 Å². The van der Waals surface area contributed by atoms with E-state index in [1.54, 1.807) is 28.4 Å². The van der Waals surface area contributed by atoms with Crippen molar-refractivity contribution in [1.82, 2.24) is 4.90 Å². The number of benzene rings is 4. The summed E-state index contributed by atoms with van der Waals surface area (Å²) in [5.41, 5.74) is -0.269. The summed E-state index contributed by atoms with van der Waals surface area (Å²) in [5.74, 6) is 2.85. The third-order valence-electron chi connectivity index (χ3n) is 8.28. The fourth-order valence-electron chi connectivity index (χ4n) is 5.41. The third kappa shape index (κ3) is 8.02. The lowest BCUT2D eigenvalue weighted by molar-refractivity contribution is 0.155. The monoisotopic (exact) mass is 649 g/mol. The predicted molar refractivity (Wildman–Crippen MR) is 187 cm³/mol. The van der Waals surface area contributed by atoms with Gasteiger partial charge < -0.3 is 28.1 Å². The molecule has 4 aromatic carbocycles. The molecule has 0 aliphatic heterocycles. The largest absolute Gasteiger partial charge is 0.497 e. The van der Waals surface area contributed by atoms with Gasteiger partial charge in [-0.2, -0.15) is 0 Å². The highest BCUT2D eigenvalue weighted by Crippen LogP contribution is 2.46. The highest BCUT2D eigenvalue weighted by atomic mass is 31.2. The maximum absolute atomic E-state index is 15.0. The molecule has 9 heteroatoms. The maximum Gasteiger partial charge on any atom is 0.144 e. The Morgan fingerprint density at radius 3 is 0.867 bits per heavy atom. The van der Waals surface area contributed by atoms with Crippen LogP contribution in [0.15, 0.2) is 97.1 Å². The van der Waals surface area contributed by atoms with E-state index in [9.17, 15) is 0 Å². The Bertz CT molecular complexity index is 1390. The third-order valence-corrected chi connectivity index (χ3v) is 14.5. The fourth-order valence-corrected chi connectivity index (χ4v) is 10.6. The molecular formula is C36H45NO6P2. The first-order valence-corrected chi connectivity index (χ1v) is 18.8. The number of methoxy groups -OCH3 is 4. The molecular weight excluding hydrogens is 604 g/mol. The molecule has 0 spiro atoms. The minimum absolute atomic E-state index is 0.269. The molecule has 0 heterocycles. The second kappa shape index (κ2) is 14.7. The van der Waals surface area contributed by atoms with E-state index in [4.69, 9.17) is 18.9 Å². The molecule has 45 heavy (non-hydrogen) atoms. The predicted octanol–water partition coefficient (Wildman–Crippen LogP) is 6.15. The Kier molecular flexibility index (Phi) is 11.3. The van der Waals surface area contributed by atoms with Crippen molar-refractivity contribution in [2.24, 2.45) is 0 Å². The van der Waals surface area contributed by atoms with E-state index in [-0.39, 0.29) is 5.54 Å². The molecule has 0 N–H and O–H groups in total. The first-order chi connectivity index (χ1) is 21.5. The average molecular weight is 650 g/mol. The van der Waals surface area contributed by atoms with Crippen LogP contribution in [0.25, 0.3) is 0 Å². The van der Waals surface area contributed by atoms with Crippen LogP contribution in [0.5, 0.6) is 23.0 Å². The SMILES string of the molecule is COc1ccc(P(=O)(CCN(CCP(=O)(c2ccc(OC)cc2)c2ccc(OC)cc2)C(C)(C)C)c2ccc(OC)cc2)cc1. The summed E-state index contributed by atoms with van der Waals surface area (Å²) >= 11 is 0. The molecule has 0 aliphatic carbocycles. The lowest BCUT2D eigenvalue weighted by atomic mass is 10.1. The van der Waals surface area contributed by atoms with Crippen LogP contribution in [0, 0.1) is 0 Å². The molecule has 0 radical (unpaired) electrons. The van der Waals surface area contributed by atoms with Crippen molar-refractivity contribution in [1.29, 1.82) is 0 Å². The highest BCUT2D eigenvalue weighted by Gasteiger charge is 2.33. The summed E-state index contributed by atoms with van der Waals surface area (Å²) in [6.07, 6.45) is 0.830. The van der Waals surface area contributed by atoms with Crippen LogP contribution in [-0.4, -0.2) is 64.3 Å². The van der Waals surface area contributed by atoms with Gasteiger partial charge in [-0.1, -0.05) is 0 Å². The van der Waals surface area contributed by atoms with E-state index < -0.39 is 14.3 Å². The molecule has 0 aromatic heterocycles. The lowest BCUT2D eigenvalue weighted by Gasteiger charge is -2.37. The minimum atomic E-state index is -3.06. The molecule has 4 rings (SSSR count). The van der Waals surface area contributed by atoms with Crippen molar-refractivity contribution in [3.8, 4) is 23.0 Å². The number of hydrogen-bond donors (Lipinski definition) is 0. The van der Waals surface area contributed by atoms with Gasteiger partial charge in [0.1, 0.15) is 37.3 Å². The second-order valence-electron chi connectivity index (χ2n) is 11.9. The van der Waals surface area contributed by atoms with E-state index in [1.165, 1.54) is 0 Å². The summed E-state index contributed by atoms with van der Waals surface area (Å²) in [7, 11) is 0.371. The van der Waals surface area contributed by atoms with E-state index in [0.717, 1.165) is 21.2 Å². The normalized spacial score (nSPS) is 12.2. The molecule has 0 aliphatic rings. The van der Waals surface area contributed by atoms with Gasteiger partial charge in [0.25, 0.3) is 0 Å². The van der Waals surface area contributed by atoms with Gasteiger partial charge in [-0.15, -0.1) is 0 Å². The fraction of sp³-hybridized carbons (Fsp3) is 0.333. The first kappa shape index (κ1) is 34.4. The standard InChI is InChI=1S/C36H45NO6P2/c1-36(2,3)37(24-26-44(38,32-16-8-28(40-4)9-17-32)33-18-10-29(41-5)11-19-33)25-27-45(39,34-20-12-30(42-6)13-21-34)35-22-14-31(43-7)15-23-35/h8-23H,24-27H2,1-7H3. The molecule has 0 atom stereocenters. The Morgan fingerprint density at radius 2 is 0.689 bits per heavy atom. The Balaban J connectivity index is 1.67. The van der Waals surface area contributed by atoms with Gasteiger partial charge in [-0.05, 0) is 118 Å². The maximum atomic E-state index is 15.0. The van der Waals surface area contributed by atoms with Crippen LogP contribution >= 0.6 is 14.3 Å². The molecule has 0 unspecified atom stereocenters. The van der Waals surface area contributed by atoms with Gasteiger partial charge in [0, 0.05) is 52.2 Å². The molecule has 0 amide bonds. The van der Waals surface area contributed by atoms with Gasteiger partial charge in [-0.25, -0.2) is 0 Å². The molecule has 4 aromatic rings. The number of hydrogen-bond acceptors (Lipinski definition) is 7. The quantitative estimate of drug-likeness (QED) is 0.152. The molecule has 0 saturated heterocycles. The van der Waals surface area contributed by atoms with Crippen molar-refractivity contribution in [2.75, 3.05) is 53.9 Å². The van der Waals surface area contributed by atoms with Crippen molar-refractivity contribution in [3.05, 3.63) is 97.1 Å². The summed E-state index contributed by atoms with van der Waals surface area (Å²) in [5, 5.41) is 3.07. The highest BCUT2D eigenvalue weighted by molar-refractivity contribution is 7.79. The zero-order valence-corrected chi connectivity index (χ0v) is 29.1. The Labute approximate surface area is 268 Å². The molecule has 0 bridgehead atoms. The van der Waals surface area contributed by atoms with Gasteiger partial charge in [0.2, 0.25) is 0 Å². The van der Waals surface area contributed by atoms with Crippen LogP contribution in [0.1, 0.15) is 20.8 Å².